The lowest BCUT2D eigenvalue weighted by molar-refractivity contribution is 0.0951. The molecule has 25 heavy (non-hydrogen) atoms. The molecule has 6 heteroatoms. The molecule has 0 aliphatic carbocycles. The Morgan fingerprint density at radius 2 is 1.76 bits per heavy atom. The molecule has 0 aliphatic heterocycles. The zero-order chi connectivity index (χ0) is 17.6. The van der Waals surface area contributed by atoms with Crippen LogP contribution < -0.4 is 10.6 Å². The van der Waals surface area contributed by atoms with Crippen LogP contribution in [-0.4, -0.2) is 20.9 Å². The predicted octanol–water partition coefficient (Wildman–Crippen LogP) is 3.16. The Hall–Kier alpha value is -3.28. The number of aryl methyl sites for hydroxylation is 2. The van der Waals surface area contributed by atoms with Crippen molar-refractivity contribution in [2.24, 2.45) is 0 Å². The second-order valence-electron chi connectivity index (χ2n) is 5.72. The first kappa shape index (κ1) is 16.6. The molecule has 2 N–H and O–H groups in total. The SMILES string of the molecule is Cc1cc(C)nc(Nc2ccc(C(=O)NCc3cccnc3)cc2)n1. The van der Waals surface area contributed by atoms with E-state index in [-0.39, 0.29) is 5.91 Å². The monoisotopic (exact) mass is 333 g/mol. The Morgan fingerprint density at radius 1 is 1.04 bits per heavy atom. The second-order valence-corrected chi connectivity index (χ2v) is 5.72. The molecule has 0 fully saturated rings. The molecule has 3 aromatic rings. The summed E-state index contributed by atoms with van der Waals surface area (Å²) in [4.78, 5) is 24.9. The molecule has 1 amide bonds. The molecule has 6 nitrogen and oxygen atoms in total. The van der Waals surface area contributed by atoms with E-state index in [4.69, 9.17) is 0 Å². The van der Waals surface area contributed by atoms with Gasteiger partial charge in [0.25, 0.3) is 5.91 Å². The summed E-state index contributed by atoms with van der Waals surface area (Å²) >= 11 is 0. The second kappa shape index (κ2) is 7.53. The topological polar surface area (TPSA) is 79.8 Å². The van der Waals surface area contributed by atoms with Gasteiger partial charge in [-0.15, -0.1) is 0 Å². The highest BCUT2D eigenvalue weighted by atomic mass is 16.1. The van der Waals surface area contributed by atoms with Gasteiger partial charge in [-0.1, -0.05) is 6.07 Å². The molecule has 0 unspecified atom stereocenters. The number of pyridine rings is 1. The number of carbonyl (C=O) groups excluding carboxylic acids is 1. The number of hydrogen-bond donors (Lipinski definition) is 2. The van der Waals surface area contributed by atoms with E-state index in [1.165, 1.54) is 0 Å². The summed E-state index contributed by atoms with van der Waals surface area (Å²) in [6, 6.07) is 12.9. The van der Waals surface area contributed by atoms with Gasteiger partial charge in [-0.2, -0.15) is 0 Å². The fourth-order valence-corrected chi connectivity index (χ4v) is 2.40. The first-order chi connectivity index (χ1) is 12.1. The maximum Gasteiger partial charge on any atom is 0.251 e. The molecule has 1 aromatic carbocycles. The van der Waals surface area contributed by atoms with E-state index >= 15 is 0 Å². The largest absolute Gasteiger partial charge is 0.348 e. The van der Waals surface area contributed by atoms with E-state index in [2.05, 4.69) is 25.6 Å². The van der Waals surface area contributed by atoms with Crippen molar-refractivity contribution in [3.63, 3.8) is 0 Å². The number of carbonyl (C=O) groups is 1. The molecule has 0 saturated carbocycles. The fraction of sp³-hybridized carbons (Fsp3) is 0.158. The average Bonchev–Trinajstić information content (AvgIpc) is 2.60. The van der Waals surface area contributed by atoms with Crippen LogP contribution in [0.15, 0.2) is 54.9 Å². The minimum absolute atomic E-state index is 0.127. The van der Waals surface area contributed by atoms with Gasteiger partial charge in [-0.05, 0) is 55.8 Å². The van der Waals surface area contributed by atoms with Crippen LogP contribution in [0, 0.1) is 13.8 Å². The number of amides is 1. The molecular weight excluding hydrogens is 314 g/mol. The molecule has 2 aromatic heterocycles. The van der Waals surface area contributed by atoms with E-state index in [9.17, 15) is 4.79 Å². The lowest BCUT2D eigenvalue weighted by Crippen LogP contribution is -2.22. The normalized spacial score (nSPS) is 10.3. The summed E-state index contributed by atoms with van der Waals surface area (Å²) < 4.78 is 0. The third kappa shape index (κ3) is 4.60. The first-order valence-corrected chi connectivity index (χ1v) is 7.96. The Labute approximate surface area is 146 Å². The van der Waals surface area contributed by atoms with Crippen LogP contribution in [0.5, 0.6) is 0 Å². The number of nitrogens with one attached hydrogen (secondary N) is 2. The van der Waals surface area contributed by atoms with Crippen LogP contribution in [0.2, 0.25) is 0 Å². The van der Waals surface area contributed by atoms with Gasteiger partial charge in [0.15, 0.2) is 0 Å². The molecule has 0 atom stereocenters. The molecule has 126 valence electrons. The van der Waals surface area contributed by atoms with Crippen molar-refractivity contribution in [1.29, 1.82) is 0 Å². The van der Waals surface area contributed by atoms with Crippen LogP contribution in [0.1, 0.15) is 27.3 Å². The van der Waals surface area contributed by atoms with Crippen molar-refractivity contribution in [2.75, 3.05) is 5.32 Å². The van der Waals surface area contributed by atoms with Crippen LogP contribution in [0.4, 0.5) is 11.6 Å². The summed E-state index contributed by atoms with van der Waals surface area (Å²) in [6.07, 6.45) is 3.44. The molecular formula is C19H19N5O. The van der Waals surface area contributed by atoms with E-state index < -0.39 is 0 Å². The van der Waals surface area contributed by atoms with Gasteiger partial charge in [-0.3, -0.25) is 9.78 Å². The lowest BCUT2D eigenvalue weighted by Gasteiger charge is -2.08. The van der Waals surface area contributed by atoms with Gasteiger partial charge in [-0.25, -0.2) is 9.97 Å². The number of benzene rings is 1. The minimum Gasteiger partial charge on any atom is -0.348 e. The standard InChI is InChI=1S/C19H19N5O/c1-13-10-14(2)23-19(22-13)24-17-7-5-16(6-8-17)18(25)21-12-15-4-3-9-20-11-15/h3-11H,12H2,1-2H3,(H,21,25)(H,22,23,24). The first-order valence-electron chi connectivity index (χ1n) is 7.96. The molecule has 3 rings (SSSR count). The lowest BCUT2D eigenvalue weighted by atomic mass is 10.2. The van der Waals surface area contributed by atoms with Crippen molar-refractivity contribution < 1.29 is 4.79 Å². The third-order valence-corrected chi connectivity index (χ3v) is 3.56. The van der Waals surface area contributed by atoms with Crippen LogP contribution in [0.3, 0.4) is 0 Å². The maximum absolute atomic E-state index is 12.2. The van der Waals surface area contributed by atoms with Crippen molar-refractivity contribution in [2.45, 2.75) is 20.4 Å². The van der Waals surface area contributed by atoms with Crippen molar-refractivity contribution in [3.05, 3.63) is 77.4 Å². The zero-order valence-electron chi connectivity index (χ0n) is 14.2. The predicted molar refractivity (Wildman–Crippen MR) is 96.6 cm³/mol. The van der Waals surface area contributed by atoms with Crippen LogP contribution >= 0.6 is 0 Å². The van der Waals surface area contributed by atoms with E-state index in [1.807, 2.05) is 44.2 Å². The fourth-order valence-electron chi connectivity index (χ4n) is 2.40. The maximum atomic E-state index is 12.2. The zero-order valence-corrected chi connectivity index (χ0v) is 14.2. The highest BCUT2D eigenvalue weighted by Gasteiger charge is 2.06. The number of nitrogens with zero attached hydrogens (tertiary/aromatic N) is 3. The van der Waals surface area contributed by atoms with Gasteiger partial charge < -0.3 is 10.6 Å². The molecule has 0 aliphatic rings. The highest BCUT2D eigenvalue weighted by molar-refractivity contribution is 5.94. The molecule has 0 bridgehead atoms. The Bertz CT molecular complexity index is 842. The van der Waals surface area contributed by atoms with Crippen LogP contribution in [-0.2, 0) is 6.54 Å². The minimum atomic E-state index is -0.127. The van der Waals surface area contributed by atoms with E-state index in [0.717, 1.165) is 22.6 Å². The average molecular weight is 333 g/mol. The van der Waals surface area contributed by atoms with Gasteiger partial charge in [0.2, 0.25) is 5.95 Å². The quantitative estimate of drug-likeness (QED) is 0.750. The number of rotatable bonds is 5. The Morgan fingerprint density at radius 3 is 2.40 bits per heavy atom. The van der Waals surface area contributed by atoms with Gasteiger partial charge in [0.05, 0.1) is 0 Å². The van der Waals surface area contributed by atoms with Gasteiger partial charge in [0.1, 0.15) is 0 Å². The molecule has 2 heterocycles. The van der Waals surface area contributed by atoms with E-state index in [0.29, 0.717) is 18.1 Å². The Kier molecular flexibility index (Phi) is 4.99. The third-order valence-electron chi connectivity index (χ3n) is 3.56. The highest BCUT2D eigenvalue weighted by Crippen LogP contribution is 2.15. The smallest absolute Gasteiger partial charge is 0.251 e. The molecule has 0 saturated heterocycles. The molecule has 0 spiro atoms. The van der Waals surface area contributed by atoms with Gasteiger partial charge >= 0.3 is 0 Å². The number of hydrogen-bond acceptors (Lipinski definition) is 5. The Balaban J connectivity index is 1.62. The van der Waals surface area contributed by atoms with Crippen molar-refractivity contribution >= 4 is 17.5 Å². The summed E-state index contributed by atoms with van der Waals surface area (Å²) in [6.45, 7) is 4.30. The summed E-state index contributed by atoms with van der Waals surface area (Å²) in [5.74, 6) is 0.421. The summed E-state index contributed by atoms with van der Waals surface area (Å²) in [5, 5.41) is 6.02. The summed E-state index contributed by atoms with van der Waals surface area (Å²) in [7, 11) is 0. The summed E-state index contributed by atoms with van der Waals surface area (Å²) in [5.41, 5.74) is 4.19. The number of anilines is 2. The van der Waals surface area contributed by atoms with Gasteiger partial charge in [0, 0.05) is 41.6 Å². The van der Waals surface area contributed by atoms with E-state index in [1.54, 1.807) is 24.5 Å². The number of aromatic nitrogens is 3. The molecule has 0 radical (unpaired) electrons. The van der Waals surface area contributed by atoms with Crippen molar-refractivity contribution in [3.8, 4) is 0 Å². The van der Waals surface area contributed by atoms with Crippen molar-refractivity contribution in [1.82, 2.24) is 20.3 Å². The van der Waals surface area contributed by atoms with Crippen LogP contribution in [0.25, 0.3) is 0 Å².